The number of rotatable bonds is 3. The molecule has 0 aliphatic heterocycles. The molecule has 7 nitrogen and oxygen atoms in total. The average molecular weight is 740 g/mol. The molecule has 266 valence electrons. The van der Waals surface area contributed by atoms with Crippen molar-refractivity contribution in [3.05, 3.63) is 168 Å². The Morgan fingerprint density at radius 1 is 0.379 bits per heavy atom. The summed E-state index contributed by atoms with van der Waals surface area (Å²) in [4.78, 5) is 0. The molecule has 4 heterocycles. The molecule has 0 amide bonds. The summed E-state index contributed by atoms with van der Waals surface area (Å²) in [5, 5.41) is 39.6. The van der Waals surface area contributed by atoms with Gasteiger partial charge in [0.05, 0.1) is 79.1 Å². The molecule has 7 heteroatoms. The molecule has 0 bridgehead atoms. The van der Waals surface area contributed by atoms with E-state index in [1.165, 1.54) is 0 Å². The van der Waals surface area contributed by atoms with Crippen LogP contribution in [0.3, 0.4) is 0 Å². The van der Waals surface area contributed by atoms with Gasteiger partial charge in [-0.1, -0.05) is 72.8 Å². The van der Waals surface area contributed by atoms with Crippen LogP contribution in [0.2, 0.25) is 0 Å². The van der Waals surface area contributed by atoms with E-state index in [0.717, 1.165) is 93.1 Å². The summed E-state index contributed by atoms with van der Waals surface area (Å²) in [6.45, 7) is 0. The van der Waals surface area contributed by atoms with E-state index in [9.17, 15) is 15.8 Å². The van der Waals surface area contributed by atoms with Gasteiger partial charge < -0.3 is 18.0 Å². The molecule has 0 N–H and O–H groups in total. The minimum atomic E-state index is 0.353. The third kappa shape index (κ3) is 4.23. The third-order valence-electron chi connectivity index (χ3n) is 11.5. The van der Waals surface area contributed by atoms with E-state index in [4.69, 9.17) is 8.83 Å². The van der Waals surface area contributed by atoms with Crippen LogP contribution in [-0.4, -0.2) is 9.13 Å². The van der Waals surface area contributed by atoms with Gasteiger partial charge in [0.25, 0.3) is 0 Å². The number of nitrogens with zero attached hydrogens (tertiary/aromatic N) is 5. The first-order chi connectivity index (χ1) is 28.6. The van der Waals surface area contributed by atoms with Crippen LogP contribution < -0.4 is 0 Å². The van der Waals surface area contributed by atoms with Crippen LogP contribution in [0.4, 0.5) is 0 Å². The van der Waals surface area contributed by atoms with Crippen LogP contribution in [0, 0.1) is 34.0 Å². The molecule has 12 rings (SSSR count). The van der Waals surface area contributed by atoms with Crippen molar-refractivity contribution in [3.8, 4) is 40.7 Å². The van der Waals surface area contributed by atoms with E-state index in [-0.39, 0.29) is 0 Å². The van der Waals surface area contributed by atoms with Crippen molar-refractivity contribution in [3.63, 3.8) is 0 Å². The summed E-state index contributed by atoms with van der Waals surface area (Å²) in [5.74, 6) is 0. The second-order valence-electron chi connectivity index (χ2n) is 14.6. The van der Waals surface area contributed by atoms with Crippen LogP contribution in [-0.2, 0) is 0 Å². The van der Waals surface area contributed by atoms with Gasteiger partial charge >= 0.3 is 0 Å². The van der Waals surface area contributed by atoms with E-state index in [2.05, 4.69) is 75.9 Å². The number of aromatic nitrogens is 2. The molecule has 8 aromatic carbocycles. The maximum absolute atomic E-state index is 10.9. The maximum atomic E-state index is 10.9. The highest BCUT2D eigenvalue weighted by Crippen LogP contribution is 2.47. The number of para-hydroxylation sites is 4. The SMILES string of the molecule is N#Cc1cc(C#N)cc(-c2c(-n3c4ccccc4c4ccc5oc6ccccc6c5c43)cc(C#N)cc2-n2c3ccccc3c3ccc4oc5ccccc5c4c32)c1. The molecule has 0 radical (unpaired) electrons. The largest absolute Gasteiger partial charge is 0.456 e. The lowest BCUT2D eigenvalue weighted by molar-refractivity contribution is 0.669. The van der Waals surface area contributed by atoms with Crippen molar-refractivity contribution in [2.45, 2.75) is 0 Å². The van der Waals surface area contributed by atoms with Crippen molar-refractivity contribution in [1.82, 2.24) is 9.13 Å². The summed E-state index contributed by atoms with van der Waals surface area (Å²) in [5.41, 5.74) is 10.7. The minimum absolute atomic E-state index is 0.353. The van der Waals surface area contributed by atoms with E-state index in [0.29, 0.717) is 33.6 Å². The Labute approximate surface area is 329 Å². The normalized spacial score (nSPS) is 11.7. The fourth-order valence-corrected chi connectivity index (χ4v) is 9.26. The highest BCUT2D eigenvalue weighted by Gasteiger charge is 2.27. The monoisotopic (exact) mass is 739 g/mol. The number of furan rings is 2. The van der Waals surface area contributed by atoms with Gasteiger partial charge in [-0.25, -0.2) is 0 Å². The molecule has 58 heavy (non-hydrogen) atoms. The predicted octanol–water partition coefficient (Wildman–Crippen LogP) is 13.0. The predicted molar refractivity (Wildman–Crippen MR) is 229 cm³/mol. The van der Waals surface area contributed by atoms with Crippen LogP contribution in [0.1, 0.15) is 16.7 Å². The van der Waals surface area contributed by atoms with Gasteiger partial charge in [0, 0.05) is 37.9 Å². The first-order valence-electron chi connectivity index (χ1n) is 18.8. The van der Waals surface area contributed by atoms with Gasteiger partial charge in [-0.05, 0) is 84.4 Å². The fraction of sp³-hybridized carbons (Fsp3) is 0. The molecular weight excluding hydrogens is 715 g/mol. The zero-order chi connectivity index (χ0) is 38.6. The summed E-state index contributed by atoms with van der Waals surface area (Å²) in [6.07, 6.45) is 0. The highest BCUT2D eigenvalue weighted by molar-refractivity contribution is 6.26. The van der Waals surface area contributed by atoms with Crippen molar-refractivity contribution in [2.75, 3.05) is 0 Å². The van der Waals surface area contributed by atoms with Crippen molar-refractivity contribution in [1.29, 1.82) is 15.8 Å². The highest BCUT2D eigenvalue weighted by atomic mass is 16.3. The molecule has 0 atom stereocenters. The van der Waals surface area contributed by atoms with Gasteiger partial charge in [0.15, 0.2) is 0 Å². The Balaban J connectivity index is 1.35. The Kier molecular flexibility index (Phi) is 6.41. The lowest BCUT2D eigenvalue weighted by Crippen LogP contribution is -2.05. The number of hydrogen-bond acceptors (Lipinski definition) is 5. The van der Waals surface area contributed by atoms with Crippen LogP contribution >= 0.6 is 0 Å². The minimum Gasteiger partial charge on any atom is -0.456 e. The van der Waals surface area contributed by atoms with Crippen LogP contribution in [0.15, 0.2) is 160 Å². The quantitative estimate of drug-likeness (QED) is 0.179. The van der Waals surface area contributed by atoms with E-state index in [1.807, 2.05) is 97.1 Å². The molecule has 0 saturated carbocycles. The second kappa shape index (κ2) is 11.7. The zero-order valence-electron chi connectivity index (χ0n) is 30.5. The summed E-state index contributed by atoms with van der Waals surface area (Å²) < 4.78 is 17.4. The van der Waals surface area contributed by atoms with Gasteiger partial charge in [0.1, 0.15) is 22.3 Å². The second-order valence-corrected chi connectivity index (χ2v) is 14.6. The van der Waals surface area contributed by atoms with E-state index >= 15 is 0 Å². The molecule has 0 aliphatic carbocycles. The summed E-state index contributed by atoms with van der Waals surface area (Å²) >= 11 is 0. The van der Waals surface area contributed by atoms with E-state index < -0.39 is 0 Å². The molecule has 0 saturated heterocycles. The first kappa shape index (κ1) is 31.7. The number of benzene rings is 8. The summed E-state index contributed by atoms with van der Waals surface area (Å²) in [6, 6.07) is 57.1. The Morgan fingerprint density at radius 3 is 1.26 bits per heavy atom. The number of hydrogen-bond donors (Lipinski definition) is 0. The topological polar surface area (TPSA) is 108 Å². The average Bonchev–Trinajstić information content (AvgIpc) is 4.03. The van der Waals surface area contributed by atoms with Crippen LogP contribution in [0.5, 0.6) is 0 Å². The van der Waals surface area contributed by atoms with Crippen LogP contribution in [0.25, 0.3) is 110 Å². The van der Waals surface area contributed by atoms with Gasteiger partial charge in [0.2, 0.25) is 0 Å². The lowest BCUT2D eigenvalue weighted by Gasteiger charge is -2.21. The van der Waals surface area contributed by atoms with Gasteiger partial charge in [-0.3, -0.25) is 0 Å². The smallest absolute Gasteiger partial charge is 0.137 e. The fourth-order valence-electron chi connectivity index (χ4n) is 9.26. The molecule has 0 aliphatic rings. The Bertz CT molecular complexity index is 3670. The molecular formula is C51H25N5O2. The number of fused-ring (bicyclic) bond motifs is 14. The molecule has 0 unspecified atom stereocenters. The Hall–Kier alpha value is -8.57. The standard InChI is InChI=1S/C51H25N5O2/c52-26-29-21-30(27-53)23-32(22-29)47-41(55-39-13-5-1-9-33(39)35-17-19-45-48(50(35)55)37-11-3-7-15-43(37)57-45)24-31(28-54)25-42(47)56-40-14-6-2-10-34(40)36-18-20-46-49(51(36)56)38-12-4-8-16-44(38)58-46/h1-25H. The molecule has 0 spiro atoms. The maximum Gasteiger partial charge on any atom is 0.137 e. The molecule has 4 aromatic heterocycles. The summed E-state index contributed by atoms with van der Waals surface area (Å²) in [7, 11) is 0. The van der Waals surface area contributed by atoms with Gasteiger partial charge in [-0.15, -0.1) is 0 Å². The van der Waals surface area contributed by atoms with Crippen molar-refractivity contribution < 1.29 is 8.83 Å². The molecule has 0 fully saturated rings. The lowest BCUT2D eigenvalue weighted by atomic mass is 9.95. The Morgan fingerprint density at radius 2 is 0.793 bits per heavy atom. The van der Waals surface area contributed by atoms with Crippen molar-refractivity contribution >= 4 is 87.5 Å². The van der Waals surface area contributed by atoms with Crippen molar-refractivity contribution in [2.24, 2.45) is 0 Å². The first-order valence-corrected chi connectivity index (χ1v) is 18.8. The van der Waals surface area contributed by atoms with E-state index in [1.54, 1.807) is 6.07 Å². The van der Waals surface area contributed by atoms with Gasteiger partial charge in [-0.2, -0.15) is 15.8 Å². The number of nitriles is 3. The molecule has 12 aromatic rings. The third-order valence-corrected chi connectivity index (χ3v) is 11.5. The zero-order valence-corrected chi connectivity index (χ0v) is 30.5.